The molecule has 2 aromatic rings. The van der Waals surface area contributed by atoms with Crippen molar-refractivity contribution in [2.45, 2.75) is 31.4 Å². The smallest absolute Gasteiger partial charge is 0.289 e. The van der Waals surface area contributed by atoms with E-state index in [0.29, 0.717) is 17.2 Å². The molecule has 2 aromatic heterocycles. The topological polar surface area (TPSA) is 83.8 Å². The molecule has 0 saturated carbocycles. The van der Waals surface area contributed by atoms with Crippen LogP contribution in [0.25, 0.3) is 0 Å². The third kappa shape index (κ3) is 3.59. The number of nitrogens with zero attached hydrogens (tertiary/aromatic N) is 1. The number of piperidine rings is 1. The number of furan rings is 1. The third-order valence-corrected chi connectivity index (χ3v) is 6.67. The summed E-state index contributed by atoms with van der Waals surface area (Å²) in [5.41, 5.74) is 1.00. The Balaban J connectivity index is 1.44. The fraction of sp³-hybridized carbons (Fsp3) is 0.500. The lowest BCUT2D eigenvalue weighted by molar-refractivity contribution is -0.0771. The normalized spacial score (nSPS) is 17.9. The summed E-state index contributed by atoms with van der Waals surface area (Å²) in [7, 11) is 3.34. The largest absolute Gasteiger partial charge is 0.454 e. The van der Waals surface area contributed by atoms with Crippen LogP contribution in [0.3, 0.4) is 0 Å². The Hall–Kier alpha value is -2.16. The van der Waals surface area contributed by atoms with Crippen LogP contribution in [0.1, 0.15) is 49.3 Å². The minimum atomic E-state index is -0.232. The molecular weight excluding hydrogens is 378 g/mol. The SMILES string of the molecule is CN(C)C(=O)c1ccc(CNC(=O)c2cc3c(s2)C2(CCNCC2)OCC3)o1. The molecule has 0 atom stereocenters. The van der Waals surface area contributed by atoms with Gasteiger partial charge >= 0.3 is 0 Å². The van der Waals surface area contributed by atoms with E-state index in [2.05, 4.69) is 10.6 Å². The lowest BCUT2D eigenvalue weighted by Gasteiger charge is -2.40. The number of thiophene rings is 1. The predicted octanol–water partition coefficient (Wildman–Crippen LogP) is 2.12. The van der Waals surface area contributed by atoms with E-state index in [0.717, 1.165) is 32.4 Å². The van der Waals surface area contributed by atoms with Gasteiger partial charge in [0.15, 0.2) is 5.76 Å². The Bertz CT molecular complexity index is 880. The zero-order chi connectivity index (χ0) is 19.7. The molecule has 2 aliphatic heterocycles. The predicted molar refractivity (Wildman–Crippen MR) is 106 cm³/mol. The fourth-order valence-corrected chi connectivity index (χ4v) is 5.13. The van der Waals surface area contributed by atoms with Gasteiger partial charge in [0.1, 0.15) is 11.4 Å². The van der Waals surface area contributed by atoms with Gasteiger partial charge in [-0.05, 0) is 56.1 Å². The summed E-state index contributed by atoms with van der Waals surface area (Å²) in [5.74, 6) is 0.500. The molecule has 2 aliphatic rings. The van der Waals surface area contributed by atoms with Crippen LogP contribution < -0.4 is 10.6 Å². The van der Waals surface area contributed by atoms with E-state index >= 15 is 0 Å². The van der Waals surface area contributed by atoms with E-state index in [1.54, 1.807) is 37.6 Å². The summed E-state index contributed by atoms with van der Waals surface area (Å²) in [4.78, 5) is 28.0. The average molecular weight is 404 g/mol. The minimum Gasteiger partial charge on any atom is -0.454 e. The number of hydrogen-bond acceptors (Lipinski definition) is 6. The molecular formula is C20H25N3O4S. The zero-order valence-corrected chi connectivity index (χ0v) is 17.0. The average Bonchev–Trinajstić information content (AvgIpc) is 3.34. The maximum atomic E-state index is 12.7. The van der Waals surface area contributed by atoms with Gasteiger partial charge in [0.05, 0.1) is 18.0 Å². The van der Waals surface area contributed by atoms with Crippen LogP contribution in [0.2, 0.25) is 0 Å². The van der Waals surface area contributed by atoms with Gasteiger partial charge in [-0.1, -0.05) is 0 Å². The molecule has 4 heterocycles. The third-order valence-electron chi connectivity index (χ3n) is 5.31. The molecule has 1 saturated heterocycles. The Morgan fingerprint density at radius 1 is 1.29 bits per heavy atom. The van der Waals surface area contributed by atoms with Gasteiger partial charge in [-0.2, -0.15) is 0 Å². The number of rotatable bonds is 4. The van der Waals surface area contributed by atoms with Gasteiger partial charge in [0, 0.05) is 19.0 Å². The van der Waals surface area contributed by atoms with E-state index in [9.17, 15) is 9.59 Å². The number of carbonyl (C=O) groups is 2. The molecule has 0 aliphatic carbocycles. The summed E-state index contributed by atoms with van der Waals surface area (Å²) >= 11 is 1.54. The molecule has 2 N–H and O–H groups in total. The van der Waals surface area contributed by atoms with Gasteiger partial charge < -0.3 is 24.7 Å². The number of amides is 2. The molecule has 2 amide bonds. The molecule has 150 valence electrons. The van der Waals surface area contributed by atoms with Gasteiger partial charge in [-0.25, -0.2) is 0 Å². The highest BCUT2D eigenvalue weighted by atomic mass is 32.1. The molecule has 0 unspecified atom stereocenters. The molecule has 8 heteroatoms. The van der Waals surface area contributed by atoms with E-state index in [4.69, 9.17) is 9.15 Å². The molecule has 1 spiro atoms. The molecule has 0 aromatic carbocycles. The standard InChI is InChI=1S/C20H25N3O4S/c1-23(2)19(25)15-4-3-14(27-15)12-22-18(24)16-11-13-5-10-26-20(17(13)28-16)6-8-21-9-7-20/h3-4,11,21H,5-10,12H2,1-2H3,(H,22,24). The van der Waals surface area contributed by atoms with Crippen LogP contribution in [0.5, 0.6) is 0 Å². The van der Waals surface area contributed by atoms with E-state index in [-0.39, 0.29) is 29.7 Å². The maximum Gasteiger partial charge on any atom is 0.289 e. The second-order valence-electron chi connectivity index (χ2n) is 7.46. The van der Waals surface area contributed by atoms with Gasteiger partial charge in [-0.15, -0.1) is 11.3 Å². The number of fused-ring (bicyclic) bond motifs is 2. The van der Waals surface area contributed by atoms with Crippen LogP contribution >= 0.6 is 11.3 Å². The van der Waals surface area contributed by atoms with E-state index < -0.39 is 0 Å². The van der Waals surface area contributed by atoms with Crippen molar-refractivity contribution in [1.29, 1.82) is 0 Å². The van der Waals surface area contributed by atoms with Crippen LogP contribution in [-0.4, -0.2) is 50.5 Å². The first-order valence-corrected chi connectivity index (χ1v) is 10.4. The van der Waals surface area contributed by atoms with Crippen LogP contribution in [0, 0.1) is 0 Å². The van der Waals surface area contributed by atoms with Gasteiger partial charge in [0.25, 0.3) is 11.8 Å². The van der Waals surface area contributed by atoms with Crippen molar-refractivity contribution in [3.63, 3.8) is 0 Å². The second-order valence-corrected chi connectivity index (χ2v) is 8.51. The van der Waals surface area contributed by atoms with Crippen molar-refractivity contribution in [3.8, 4) is 0 Å². The Morgan fingerprint density at radius 3 is 2.82 bits per heavy atom. The summed E-state index contributed by atoms with van der Waals surface area (Å²) in [6.45, 7) is 2.82. The van der Waals surface area contributed by atoms with Crippen molar-refractivity contribution in [2.75, 3.05) is 33.8 Å². The highest BCUT2D eigenvalue weighted by Crippen LogP contribution is 2.44. The van der Waals surface area contributed by atoms with E-state index in [1.165, 1.54) is 15.3 Å². The quantitative estimate of drug-likeness (QED) is 0.817. The molecule has 4 rings (SSSR count). The van der Waals surface area contributed by atoms with Crippen molar-refractivity contribution in [2.24, 2.45) is 0 Å². The Kier molecular flexibility index (Phi) is 5.27. The van der Waals surface area contributed by atoms with Crippen molar-refractivity contribution < 1.29 is 18.7 Å². The van der Waals surface area contributed by atoms with Gasteiger partial charge in [-0.3, -0.25) is 9.59 Å². The first-order valence-electron chi connectivity index (χ1n) is 9.55. The van der Waals surface area contributed by atoms with Crippen LogP contribution in [0.15, 0.2) is 22.6 Å². The number of nitrogens with one attached hydrogen (secondary N) is 2. The van der Waals surface area contributed by atoms with Crippen LogP contribution in [-0.2, 0) is 23.3 Å². The highest BCUT2D eigenvalue weighted by molar-refractivity contribution is 7.14. The van der Waals surface area contributed by atoms with Gasteiger partial charge in [0.2, 0.25) is 0 Å². The van der Waals surface area contributed by atoms with Crippen molar-refractivity contribution in [1.82, 2.24) is 15.5 Å². The summed E-state index contributed by atoms with van der Waals surface area (Å²) < 4.78 is 11.7. The van der Waals surface area contributed by atoms with E-state index in [1.807, 2.05) is 6.07 Å². The van der Waals surface area contributed by atoms with Crippen molar-refractivity contribution in [3.05, 3.63) is 45.0 Å². The first kappa shape index (κ1) is 19.2. The lowest BCUT2D eigenvalue weighted by Crippen LogP contribution is -2.43. The molecule has 0 bridgehead atoms. The number of carbonyl (C=O) groups excluding carboxylic acids is 2. The molecule has 7 nitrogen and oxygen atoms in total. The Labute approximate surface area is 168 Å². The number of ether oxygens (including phenoxy) is 1. The summed E-state index contributed by atoms with van der Waals surface area (Å²) in [6, 6.07) is 5.35. The summed E-state index contributed by atoms with van der Waals surface area (Å²) in [6.07, 6.45) is 2.73. The van der Waals surface area contributed by atoms with Crippen molar-refractivity contribution >= 4 is 23.2 Å². The molecule has 28 heavy (non-hydrogen) atoms. The summed E-state index contributed by atoms with van der Waals surface area (Å²) in [5, 5.41) is 6.28. The maximum absolute atomic E-state index is 12.7. The Morgan fingerprint density at radius 2 is 2.07 bits per heavy atom. The fourth-order valence-electron chi connectivity index (χ4n) is 3.80. The monoisotopic (exact) mass is 403 g/mol. The number of hydrogen-bond donors (Lipinski definition) is 2. The first-order chi connectivity index (χ1) is 13.5. The van der Waals surface area contributed by atoms with Crippen LogP contribution in [0.4, 0.5) is 0 Å². The lowest BCUT2D eigenvalue weighted by atomic mass is 9.86. The zero-order valence-electron chi connectivity index (χ0n) is 16.2. The molecule has 0 radical (unpaired) electrons. The minimum absolute atomic E-state index is 0.125. The molecule has 1 fully saturated rings. The second kappa shape index (κ2) is 7.69. The highest BCUT2D eigenvalue weighted by Gasteiger charge is 2.41.